The van der Waals surface area contributed by atoms with E-state index in [-0.39, 0.29) is 0 Å². The Hall–Kier alpha value is -7.36. The molecule has 0 spiro atoms. The number of hydrogen-bond acceptors (Lipinski definition) is 1. The highest BCUT2D eigenvalue weighted by atomic mass is 16.3. The third-order valence-electron chi connectivity index (χ3n) is 11.5. The van der Waals surface area contributed by atoms with Crippen molar-refractivity contribution in [3.8, 4) is 33.8 Å². The van der Waals surface area contributed by atoms with Crippen molar-refractivity contribution in [2.75, 3.05) is 0 Å². The molecule has 0 N–H and O–H groups in total. The first-order valence-corrected chi connectivity index (χ1v) is 18.9. The maximum absolute atomic E-state index is 7.26. The fourth-order valence-electron chi connectivity index (χ4n) is 9.16. The molecule has 0 unspecified atom stereocenters. The quantitative estimate of drug-likeness (QED) is 0.168. The maximum atomic E-state index is 7.26. The number of rotatable bonds is 4. The van der Waals surface area contributed by atoms with Crippen molar-refractivity contribution >= 4 is 76.1 Å². The number of benzene rings is 9. The van der Waals surface area contributed by atoms with Gasteiger partial charge in [-0.1, -0.05) is 146 Å². The first-order chi connectivity index (χ1) is 27.3. The van der Waals surface area contributed by atoms with Crippen LogP contribution in [0.15, 0.2) is 199 Å². The maximum Gasteiger partial charge on any atom is 0.144 e. The van der Waals surface area contributed by atoms with Crippen molar-refractivity contribution in [2.24, 2.45) is 0 Å². The molecule has 3 heteroatoms. The number of aromatic nitrogens is 2. The van der Waals surface area contributed by atoms with Crippen molar-refractivity contribution < 1.29 is 4.42 Å². The molecule has 0 aliphatic rings. The SMILES string of the molecule is c1ccc(-c2oc3c4cc(-n5c6ccccc6c6ccccc65)ccc4c4ccc(-n5c6ccccc6c6ccccc65)cc4c3c2-c2ccccc2)cc1. The summed E-state index contributed by atoms with van der Waals surface area (Å²) in [5.74, 6) is 0.875. The van der Waals surface area contributed by atoms with E-state index in [4.69, 9.17) is 4.42 Å². The van der Waals surface area contributed by atoms with Gasteiger partial charge in [-0.05, 0) is 70.3 Å². The molecular formula is C52H32N2O. The minimum absolute atomic E-state index is 0.875. The normalized spacial score (nSPS) is 12.0. The zero-order valence-corrected chi connectivity index (χ0v) is 29.8. The number of para-hydroxylation sites is 4. The molecule has 12 aromatic rings. The van der Waals surface area contributed by atoms with Crippen LogP contribution in [0, 0.1) is 0 Å². The van der Waals surface area contributed by atoms with E-state index < -0.39 is 0 Å². The van der Waals surface area contributed by atoms with E-state index in [1.165, 1.54) is 49.0 Å². The van der Waals surface area contributed by atoms with Gasteiger partial charge in [-0.15, -0.1) is 0 Å². The van der Waals surface area contributed by atoms with Crippen LogP contribution in [0.5, 0.6) is 0 Å². The topological polar surface area (TPSA) is 23.0 Å². The number of fused-ring (bicyclic) bond motifs is 12. The van der Waals surface area contributed by atoms with Gasteiger partial charge in [0.15, 0.2) is 0 Å². The van der Waals surface area contributed by atoms with Crippen LogP contribution in [0.3, 0.4) is 0 Å². The smallest absolute Gasteiger partial charge is 0.144 e. The Morgan fingerprint density at radius 1 is 0.309 bits per heavy atom. The summed E-state index contributed by atoms with van der Waals surface area (Å²) in [6.07, 6.45) is 0. The molecule has 0 bridgehead atoms. The summed E-state index contributed by atoms with van der Waals surface area (Å²) in [5.41, 5.74) is 11.2. The average Bonchev–Trinajstić information content (AvgIpc) is 3.93. The molecule has 0 amide bonds. The molecule has 0 saturated carbocycles. The molecule has 0 aliphatic heterocycles. The van der Waals surface area contributed by atoms with Crippen molar-refractivity contribution in [2.45, 2.75) is 0 Å². The van der Waals surface area contributed by atoms with Crippen LogP contribution in [0.4, 0.5) is 0 Å². The number of nitrogens with zero attached hydrogens (tertiary/aromatic N) is 2. The molecule has 3 nitrogen and oxygen atoms in total. The van der Waals surface area contributed by atoms with Crippen molar-refractivity contribution in [3.05, 3.63) is 194 Å². The van der Waals surface area contributed by atoms with Gasteiger partial charge in [0.2, 0.25) is 0 Å². The van der Waals surface area contributed by atoms with Crippen LogP contribution >= 0.6 is 0 Å². The predicted octanol–water partition coefficient (Wildman–Crippen LogP) is 14.3. The van der Waals surface area contributed by atoms with E-state index in [9.17, 15) is 0 Å². The highest BCUT2D eigenvalue weighted by Crippen LogP contribution is 2.48. The Bertz CT molecular complexity index is 3370. The molecular weight excluding hydrogens is 669 g/mol. The fraction of sp³-hybridized carbons (Fsp3) is 0. The van der Waals surface area contributed by atoms with Crippen LogP contribution in [0.1, 0.15) is 0 Å². The van der Waals surface area contributed by atoms with Gasteiger partial charge in [0.1, 0.15) is 11.3 Å². The zero-order chi connectivity index (χ0) is 36.0. The third-order valence-corrected chi connectivity index (χ3v) is 11.5. The van der Waals surface area contributed by atoms with Crippen molar-refractivity contribution in [1.82, 2.24) is 9.13 Å². The van der Waals surface area contributed by atoms with E-state index >= 15 is 0 Å². The minimum atomic E-state index is 0.875. The summed E-state index contributed by atoms with van der Waals surface area (Å²) in [6, 6.07) is 70.0. The summed E-state index contributed by atoms with van der Waals surface area (Å²) < 4.78 is 12.1. The summed E-state index contributed by atoms with van der Waals surface area (Å²) in [5, 5.41) is 10.7. The van der Waals surface area contributed by atoms with Gasteiger partial charge in [0, 0.05) is 54.8 Å². The Morgan fingerprint density at radius 3 is 1.20 bits per heavy atom. The van der Waals surface area contributed by atoms with Crippen LogP contribution in [-0.2, 0) is 0 Å². The van der Waals surface area contributed by atoms with Crippen LogP contribution in [0.2, 0.25) is 0 Å². The van der Waals surface area contributed by atoms with E-state index in [1.54, 1.807) is 0 Å². The number of furan rings is 1. The summed E-state index contributed by atoms with van der Waals surface area (Å²) in [7, 11) is 0. The molecule has 0 atom stereocenters. The highest BCUT2D eigenvalue weighted by Gasteiger charge is 2.24. The third kappa shape index (κ3) is 4.32. The highest BCUT2D eigenvalue weighted by molar-refractivity contribution is 6.29. The predicted molar refractivity (Wildman–Crippen MR) is 231 cm³/mol. The van der Waals surface area contributed by atoms with E-state index in [0.29, 0.717) is 0 Å². The van der Waals surface area contributed by atoms with E-state index in [0.717, 1.165) is 61.0 Å². The lowest BCUT2D eigenvalue weighted by molar-refractivity contribution is 0.636. The summed E-state index contributed by atoms with van der Waals surface area (Å²) in [6.45, 7) is 0. The Kier molecular flexibility index (Phi) is 6.34. The molecule has 0 saturated heterocycles. The zero-order valence-electron chi connectivity index (χ0n) is 29.8. The van der Waals surface area contributed by atoms with Gasteiger partial charge in [0.25, 0.3) is 0 Å². The van der Waals surface area contributed by atoms with Crippen molar-refractivity contribution in [3.63, 3.8) is 0 Å². The molecule has 0 fully saturated rings. The lowest BCUT2D eigenvalue weighted by atomic mass is 9.92. The second-order valence-corrected chi connectivity index (χ2v) is 14.4. The van der Waals surface area contributed by atoms with Crippen molar-refractivity contribution in [1.29, 1.82) is 0 Å². The monoisotopic (exact) mass is 700 g/mol. The Morgan fingerprint density at radius 2 is 0.709 bits per heavy atom. The lowest BCUT2D eigenvalue weighted by Crippen LogP contribution is -1.95. The largest absolute Gasteiger partial charge is 0.455 e. The van der Waals surface area contributed by atoms with Gasteiger partial charge >= 0.3 is 0 Å². The van der Waals surface area contributed by atoms with E-state index in [1.807, 2.05) is 0 Å². The van der Waals surface area contributed by atoms with Gasteiger partial charge in [0.05, 0.1) is 22.1 Å². The molecule has 9 aromatic carbocycles. The molecule has 3 heterocycles. The van der Waals surface area contributed by atoms with E-state index in [2.05, 4.69) is 203 Å². The lowest BCUT2D eigenvalue weighted by Gasteiger charge is -2.14. The summed E-state index contributed by atoms with van der Waals surface area (Å²) >= 11 is 0. The molecule has 0 aliphatic carbocycles. The van der Waals surface area contributed by atoms with Gasteiger partial charge in [-0.25, -0.2) is 0 Å². The Balaban J connectivity index is 1.24. The van der Waals surface area contributed by atoms with Crippen LogP contribution in [0.25, 0.3) is 110 Å². The molecule has 256 valence electrons. The van der Waals surface area contributed by atoms with Crippen LogP contribution in [-0.4, -0.2) is 9.13 Å². The average molecular weight is 701 g/mol. The molecule has 3 aromatic heterocycles. The first-order valence-electron chi connectivity index (χ1n) is 18.9. The second-order valence-electron chi connectivity index (χ2n) is 14.4. The van der Waals surface area contributed by atoms with Gasteiger partial charge < -0.3 is 13.6 Å². The molecule has 12 rings (SSSR count). The standard InChI is InChI=1S/C52H32N2O/c1-3-15-33(16-4-1)49-50-43-31-35(53-45-23-11-7-19-39(45)40-20-8-12-24-46(40)53)27-29-37(43)38-30-28-36(32-44(38)52(50)55-51(49)34-17-5-2-6-18-34)54-47-25-13-9-21-41(47)42-22-10-14-26-48(42)54/h1-32H. The Labute approximate surface area is 316 Å². The molecule has 0 radical (unpaired) electrons. The van der Waals surface area contributed by atoms with Gasteiger partial charge in [-0.3, -0.25) is 0 Å². The minimum Gasteiger partial charge on any atom is -0.455 e. The first kappa shape index (κ1) is 30.1. The summed E-state index contributed by atoms with van der Waals surface area (Å²) in [4.78, 5) is 0. The van der Waals surface area contributed by atoms with Gasteiger partial charge in [-0.2, -0.15) is 0 Å². The molecule has 55 heavy (non-hydrogen) atoms. The van der Waals surface area contributed by atoms with Crippen LogP contribution < -0.4 is 0 Å². The fourth-order valence-corrected chi connectivity index (χ4v) is 9.16. The second kappa shape index (κ2) is 11.6. The number of hydrogen-bond donors (Lipinski definition) is 0.